The Balaban J connectivity index is 1.24. The molecule has 0 N–H and O–H groups in total. The zero-order valence-electron chi connectivity index (χ0n) is 20.4. The first-order valence-corrected chi connectivity index (χ1v) is 13.4. The Bertz CT molecular complexity index is 762. The lowest BCUT2D eigenvalue weighted by Gasteiger charge is -2.26. The highest BCUT2D eigenvalue weighted by atomic mass is 16.5. The minimum atomic E-state index is 0.726. The van der Waals surface area contributed by atoms with Crippen LogP contribution in [0.2, 0.25) is 0 Å². The zero-order valence-corrected chi connectivity index (χ0v) is 20.4. The van der Waals surface area contributed by atoms with E-state index in [9.17, 15) is 0 Å². The molecule has 3 heteroatoms. The van der Waals surface area contributed by atoms with Crippen LogP contribution in [0.25, 0.3) is 0 Å². The van der Waals surface area contributed by atoms with Gasteiger partial charge in [-0.15, -0.1) is 0 Å². The molecular weight excluding hydrogens is 392 g/mol. The van der Waals surface area contributed by atoms with E-state index in [1.165, 1.54) is 88.8 Å². The molecular formula is C29H44N2O. The van der Waals surface area contributed by atoms with Crippen LogP contribution in [-0.2, 0) is 6.42 Å². The first-order chi connectivity index (χ1) is 15.8. The molecule has 3 nitrogen and oxygen atoms in total. The molecule has 1 saturated heterocycles. The van der Waals surface area contributed by atoms with E-state index in [4.69, 9.17) is 4.74 Å². The summed E-state index contributed by atoms with van der Waals surface area (Å²) in [7, 11) is 0. The van der Waals surface area contributed by atoms with Gasteiger partial charge in [-0.1, -0.05) is 37.1 Å². The number of ether oxygens (including phenoxy) is 1. The average Bonchev–Trinajstić information content (AvgIpc) is 3.21. The van der Waals surface area contributed by atoms with E-state index in [0.717, 1.165) is 44.1 Å². The van der Waals surface area contributed by atoms with E-state index in [2.05, 4.69) is 53.2 Å². The molecule has 1 atom stereocenters. The van der Waals surface area contributed by atoms with Gasteiger partial charge < -0.3 is 14.5 Å². The lowest BCUT2D eigenvalue weighted by molar-refractivity contribution is 0.205. The van der Waals surface area contributed by atoms with Crippen molar-refractivity contribution in [2.75, 3.05) is 44.2 Å². The van der Waals surface area contributed by atoms with Gasteiger partial charge >= 0.3 is 0 Å². The molecule has 3 aliphatic rings. The Morgan fingerprint density at radius 2 is 1.88 bits per heavy atom. The van der Waals surface area contributed by atoms with E-state index in [1.807, 2.05) is 0 Å². The van der Waals surface area contributed by atoms with Gasteiger partial charge in [0.05, 0.1) is 6.61 Å². The first kappa shape index (κ1) is 23.4. The summed E-state index contributed by atoms with van der Waals surface area (Å²) in [6, 6.07) is 6.80. The molecule has 1 aliphatic carbocycles. The molecule has 32 heavy (non-hydrogen) atoms. The molecule has 0 bridgehead atoms. The van der Waals surface area contributed by atoms with Gasteiger partial charge in [-0.05, 0) is 107 Å². The topological polar surface area (TPSA) is 15.7 Å². The number of benzene rings is 1. The molecule has 2 aliphatic heterocycles. The Hall–Kier alpha value is -1.74. The smallest absolute Gasteiger partial charge is 0.119 e. The highest BCUT2D eigenvalue weighted by molar-refractivity contribution is 5.60. The van der Waals surface area contributed by atoms with Crippen molar-refractivity contribution in [2.24, 2.45) is 5.92 Å². The summed E-state index contributed by atoms with van der Waals surface area (Å²) < 4.78 is 6.12. The second kappa shape index (κ2) is 12.5. The molecule has 2 heterocycles. The van der Waals surface area contributed by atoms with E-state index in [-0.39, 0.29) is 0 Å². The standard InChI is InChI=1S/C29H44N2O/c1-2-25(26-12-7-4-3-5-8-13-26)16-21-31-22-17-27-24-28(14-15-29(27)31)32-23-11-20-30-18-9-6-10-19-30/h4,7,13-15,24-25H,2-3,5-6,8-12,16-23H2,1H3/b7-4-,26-13+. The quantitative estimate of drug-likeness (QED) is 0.297. The van der Waals surface area contributed by atoms with Crippen LogP contribution in [0.4, 0.5) is 5.69 Å². The number of hydrogen-bond donors (Lipinski definition) is 0. The van der Waals surface area contributed by atoms with Crippen molar-refractivity contribution in [1.82, 2.24) is 4.90 Å². The number of likely N-dealkylation sites (tertiary alicyclic amines) is 1. The Morgan fingerprint density at radius 1 is 0.969 bits per heavy atom. The predicted octanol–water partition coefficient (Wildman–Crippen LogP) is 6.78. The van der Waals surface area contributed by atoms with Gasteiger partial charge in [-0.3, -0.25) is 0 Å². The summed E-state index contributed by atoms with van der Waals surface area (Å²) in [5, 5.41) is 0. The fourth-order valence-electron chi connectivity index (χ4n) is 5.67. The number of nitrogens with zero attached hydrogens (tertiary/aromatic N) is 2. The molecule has 1 unspecified atom stereocenters. The van der Waals surface area contributed by atoms with E-state index >= 15 is 0 Å². The fraction of sp³-hybridized carbons (Fsp3) is 0.655. The van der Waals surface area contributed by atoms with Crippen LogP contribution in [0.5, 0.6) is 5.75 Å². The minimum Gasteiger partial charge on any atom is -0.494 e. The summed E-state index contributed by atoms with van der Waals surface area (Å²) in [5.74, 6) is 1.78. The summed E-state index contributed by atoms with van der Waals surface area (Å²) >= 11 is 0. The van der Waals surface area contributed by atoms with Crippen LogP contribution < -0.4 is 9.64 Å². The lowest BCUT2D eigenvalue weighted by Crippen LogP contribution is -2.31. The fourth-order valence-corrected chi connectivity index (χ4v) is 5.67. The Morgan fingerprint density at radius 3 is 2.75 bits per heavy atom. The maximum absolute atomic E-state index is 6.12. The molecule has 176 valence electrons. The zero-order chi connectivity index (χ0) is 22.0. The maximum Gasteiger partial charge on any atom is 0.119 e. The van der Waals surface area contributed by atoms with Crippen LogP contribution in [0.3, 0.4) is 0 Å². The van der Waals surface area contributed by atoms with Gasteiger partial charge in [0.15, 0.2) is 0 Å². The number of fused-ring (bicyclic) bond motifs is 1. The van der Waals surface area contributed by atoms with Crippen molar-refractivity contribution in [3.05, 3.63) is 47.6 Å². The average molecular weight is 437 g/mol. The third-order valence-electron chi connectivity index (χ3n) is 7.65. The minimum absolute atomic E-state index is 0.726. The number of hydrogen-bond acceptors (Lipinski definition) is 3. The molecule has 4 rings (SSSR count). The molecule has 0 aromatic heterocycles. The van der Waals surface area contributed by atoms with Gasteiger partial charge in [0.2, 0.25) is 0 Å². The largest absolute Gasteiger partial charge is 0.494 e. The summed E-state index contributed by atoms with van der Waals surface area (Å²) in [6.07, 6.45) is 21.2. The van der Waals surface area contributed by atoms with Gasteiger partial charge in [0.1, 0.15) is 5.75 Å². The number of allylic oxidation sites excluding steroid dienone is 4. The molecule has 0 saturated carbocycles. The third kappa shape index (κ3) is 6.63. The molecule has 1 aromatic rings. The summed E-state index contributed by atoms with van der Waals surface area (Å²) in [5.41, 5.74) is 4.59. The number of anilines is 1. The monoisotopic (exact) mass is 436 g/mol. The van der Waals surface area contributed by atoms with E-state index in [0.29, 0.717) is 0 Å². The second-order valence-electron chi connectivity index (χ2n) is 9.91. The molecule has 0 radical (unpaired) electrons. The van der Waals surface area contributed by atoms with Crippen molar-refractivity contribution in [2.45, 2.75) is 77.6 Å². The first-order valence-electron chi connectivity index (χ1n) is 13.4. The SMILES string of the molecule is CCC(CCN1CCc2cc(OCCCN3CCCCC3)ccc21)/C1=C/CCC/C=C\C1. The summed E-state index contributed by atoms with van der Waals surface area (Å²) in [6.45, 7) is 9.26. The lowest BCUT2D eigenvalue weighted by atomic mass is 9.88. The molecule has 0 spiro atoms. The van der Waals surface area contributed by atoms with Crippen LogP contribution in [0, 0.1) is 5.92 Å². The molecule has 0 amide bonds. The molecule has 1 fully saturated rings. The van der Waals surface area contributed by atoms with Crippen molar-refractivity contribution in [3.8, 4) is 5.75 Å². The van der Waals surface area contributed by atoms with E-state index in [1.54, 1.807) is 5.57 Å². The van der Waals surface area contributed by atoms with E-state index < -0.39 is 0 Å². The van der Waals surface area contributed by atoms with Gasteiger partial charge in [0, 0.05) is 25.3 Å². The summed E-state index contributed by atoms with van der Waals surface area (Å²) in [4.78, 5) is 5.21. The maximum atomic E-state index is 6.12. The van der Waals surface area contributed by atoms with Gasteiger partial charge in [0.25, 0.3) is 0 Å². The molecule has 1 aromatic carbocycles. The van der Waals surface area contributed by atoms with Crippen LogP contribution in [0.15, 0.2) is 42.0 Å². The highest BCUT2D eigenvalue weighted by Gasteiger charge is 2.21. The second-order valence-corrected chi connectivity index (χ2v) is 9.91. The van der Waals surface area contributed by atoms with Crippen LogP contribution in [-0.4, -0.2) is 44.2 Å². The van der Waals surface area contributed by atoms with Crippen LogP contribution >= 0.6 is 0 Å². The number of piperidine rings is 1. The predicted molar refractivity (Wildman–Crippen MR) is 137 cm³/mol. The van der Waals surface area contributed by atoms with Crippen molar-refractivity contribution in [3.63, 3.8) is 0 Å². The highest BCUT2D eigenvalue weighted by Crippen LogP contribution is 2.33. The van der Waals surface area contributed by atoms with Crippen molar-refractivity contribution in [1.29, 1.82) is 0 Å². The van der Waals surface area contributed by atoms with Crippen LogP contribution in [0.1, 0.15) is 76.7 Å². The van der Waals surface area contributed by atoms with Gasteiger partial charge in [-0.2, -0.15) is 0 Å². The Labute approximate surface area is 196 Å². The normalized spacial score (nSPS) is 23.0. The van der Waals surface area contributed by atoms with Crippen molar-refractivity contribution >= 4 is 5.69 Å². The number of rotatable bonds is 10. The Kier molecular flexibility index (Phi) is 9.14. The van der Waals surface area contributed by atoms with Crippen molar-refractivity contribution < 1.29 is 4.74 Å². The van der Waals surface area contributed by atoms with Gasteiger partial charge in [-0.25, -0.2) is 0 Å². The third-order valence-corrected chi connectivity index (χ3v) is 7.65.